The highest BCUT2D eigenvalue weighted by Crippen LogP contribution is 2.48. The summed E-state index contributed by atoms with van der Waals surface area (Å²) in [5.41, 5.74) is 0.830. The average Bonchev–Trinajstić information content (AvgIpc) is 3.25. The van der Waals surface area contributed by atoms with Crippen LogP contribution < -0.4 is 5.32 Å². The first kappa shape index (κ1) is 14.0. The number of hydrogen-bond donors (Lipinski definition) is 2. The second-order valence-corrected chi connectivity index (χ2v) is 4.89. The number of hydrogen-bond acceptors (Lipinski definition) is 3. The number of rotatable bonds is 8. The number of carbonyl (C=O) groups is 1. The lowest BCUT2D eigenvalue weighted by molar-refractivity contribution is -0.123. The summed E-state index contributed by atoms with van der Waals surface area (Å²) < 4.78 is 5.15. The van der Waals surface area contributed by atoms with Gasteiger partial charge in [0.05, 0.1) is 18.6 Å². The Bertz CT molecular complexity index is 401. The lowest BCUT2D eigenvalue weighted by Crippen LogP contribution is -2.35. The van der Waals surface area contributed by atoms with E-state index in [0.29, 0.717) is 19.8 Å². The van der Waals surface area contributed by atoms with E-state index in [2.05, 4.69) is 5.32 Å². The Morgan fingerprint density at radius 2 is 2.00 bits per heavy atom. The minimum absolute atomic E-state index is 0.0451. The first-order valence-corrected chi connectivity index (χ1v) is 6.82. The van der Waals surface area contributed by atoms with E-state index in [9.17, 15) is 4.79 Å². The third-order valence-electron chi connectivity index (χ3n) is 3.50. The molecule has 1 aliphatic carbocycles. The molecule has 19 heavy (non-hydrogen) atoms. The monoisotopic (exact) mass is 263 g/mol. The van der Waals surface area contributed by atoms with Crippen LogP contribution in [0.1, 0.15) is 24.8 Å². The molecule has 4 nitrogen and oxygen atoms in total. The Balaban J connectivity index is 1.75. The maximum atomic E-state index is 12.2. The van der Waals surface area contributed by atoms with Crippen LogP contribution in [-0.4, -0.2) is 37.4 Å². The molecular formula is C15H21NO3. The van der Waals surface area contributed by atoms with Gasteiger partial charge in [0.1, 0.15) is 0 Å². The molecule has 1 aliphatic rings. The van der Waals surface area contributed by atoms with Gasteiger partial charge in [-0.3, -0.25) is 4.79 Å². The molecule has 0 aromatic heterocycles. The average molecular weight is 263 g/mol. The van der Waals surface area contributed by atoms with Crippen LogP contribution in [0.4, 0.5) is 0 Å². The molecule has 0 saturated heterocycles. The topological polar surface area (TPSA) is 58.6 Å². The van der Waals surface area contributed by atoms with Crippen LogP contribution in [-0.2, 0) is 14.9 Å². The molecule has 0 radical (unpaired) electrons. The first-order chi connectivity index (χ1) is 9.29. The molecular weight excluding hydrogens is 242 g/mol. The number of carbonyl (C=O) groups excluding carboxylic acids is 1. The summed E-state index contributed by atoms with van der Waals surface area (Å²) >= 11 is 0. The van der Waals surface area contributed by atoms with Crippen molar-refractivity contribution in [1.29, 1.82) is 0 Å². The Morgan fingerprint density at radius 1 is 1.26 bits per heavy atom. The fourth-order valence-corrected chi connectivity index (χ4v) is 2.24. The summed E-state index contributed by atoms with van der Waals surface area (Å²) in [6, 6.07) is 9.97. The molecule has 104 valence electrons. The molecule has 0 bridgehead atoms. The van der Waals surface area contributed by atoms with Crippen LogP contribution >= 0.6 is 0 Å². The van der Waals surface area contributed by atoms with Gasteiger partial charge in [0.2, 0.25) is 5.91 Å². The number of nitrogens with one attached hydrogen (secondary N) is 1. The van der Waals surface area contributed by atoms with Gasteiger partial charge in [-0.15, -0.1) is 0 Å². The van der Waals surface area contributed by atoms with E-state index in [4.69, 9.17) is 9.84 Å². The van der Waals surface area contributed by atoms with Crippen molar-refractivity contribution in [3.63, 3.8) is 0 Å². The second-order valence-electron chi connectivity index (χ2n) is 4.89. The SMILES string of the molecule is O=C(NCCCOCCO)C1(c2ccccc2)CC1. The van der Waals surface area contributed by atoms with Gasteiger partial charge in [-0.05, 0) is 24.8 Å². The first-order valence-electron chi connectivity index (χ1n) is 6.82. The van der Waals surface area contributed by atoms with Crippen LogP contribution in [0.15, 0.2) is 30.3 Å². The van der Waals surface area contributed by atoms with Crippen molar-refractivity contribution in [1.82, 2.24) is 5.32 Å². The quantitative estimate of drug-likeness (QED) is 0.694. The number of amides is 1. The molecule has 1 fully saturated rings. The zero-order chi connectivity index (χ0) is 13.6. The van der Waals surface area contributed by atoms with Gasteiger partial charge in [-0.25, -0.2) is 0 Å². The Labute approximate surface area is 113 Å². The van der Waals surface area contributed by atoms with Gasteiger partial charge in [0.15, 0.2) is 0 Å². The summed E-state index contributed by atoms with van der Waals surface area (Å²) in [6.07, 6.45) is 2.64. The maximum absolute atomic E-state index is 12.2. The van der Waals surface area contributed by atoms with Crippen molar-refractivity contribution in [3.05, 3.63) is 35.9 Å². The normalized spacial score (nSPS) is 16.1. The van der Waals surface area contributed by atoms with Crippen molar-refractivity contribution in [2.45, 2.75) is 24.7 Å². The van der Waals surface area contributed by atoms with Crippen LogP contribution in [0.3, 0.4) is 0 Å². The standard InChI is InChI=1S/C15H21NO3/c17-10-12-19-11-4-9-16-14(18)15(7-8-15)13-5-2-1-3-6-13/h1-3,5-6,17H,4,7-12H2,(H,16,18). The fourth-order valence-electron chi connectivity index (χ4n) is 2.24. The van der Waals surface area contributed by atoms with E-state index >= 15 is 0 Å². The van der Waals surface area contributed by atoms with Gasteiger partial charge in [-0.2, -0.15) is 0 Å². The Morgan fingerprint density at radius 3 is 2.63 bits per heavy atom. The molecule has 0 aliphatic heterocycles. The zero-order valence-corrected chi connectivity index (χ0v) is 11.1. The van der Waals surface area contributed by atoms with Crippen molar-refractivity contribution in [2.24, 2.45) is 0 Å². The minimum Gasteiger partial charge on any atom is -0.394 e. The van der Waals surface area contributed by atoms with Crippen LogP contribution in [0, 0.1) is 0 Å². The molecule has 0 atom stereocenters. The zero-order valence-electron chi connectivity index (χ0n) is 11.1. The molecule has 2 rings (SSSR count). The third-order valence-corrected chi connectivity index (χ3v) is 3.50. The lowest BCUT2D eigenvalue weighted by Gasteiger charge is -2.15. The van der Waals surface area contributed by atoms with E-state index < -0.39 is 0 Å². The number of ether oxygens (including phenoxy) is 1. The van der Waals surface area contributed by atoms with E-state index in [-0.39, 0.29) is 17.9 Å². The number of aliphatic hydroxyl groups is 1. The highest BCUT2D eigenvalue weighted by Gasteiger charge is 2.50. The Kier molecular flexibility index (Phi) is 4.93. The second kappa shape index (κ2) is 6.68. The van der Waals surface area contributed by atoms with Gasteiger partial charge < -0.3 is 15.2 Å². The number of aliphatic hydroxyl groups excluding tert-OH is 1. The smallest absolute Gasteiger partial charge is 0.230 e. The number of benzene rings is 1. The predicted octanol–water partition coefficient (Wildman–Crippen LogP) is 1.23. The summed E-state index contributed by atoms with van der Waals surface area (Å²) in [5.74, 6) is 0.126. The largest absolute Gasteiger partial charge is 0.394 e. The molecule has 1 amide bonds. The predicted molar refractivity (Wildman–Crippen MR) is 72.9 cm³/mol. The molecule has 2 N–H and O–H groups in total. The van der Waals surface area contributed by atoms with Crippen molar-refractivity contribution in [2.75, 3.05) is 26.4 Å². The van der Waals surface area contributed by atoms with Gasteiger partial charge in [0.25, 0.3) is 0 Å². The summed E-state index contributed by atoms with van der Waals surface area (Å²) in [6.45, 7) is 1.60. The van der Waals surface area contributed by atoms with E-state index in [1.54, 1.807) is 0 Å². The molecule has 0 heterocycles. The van der Waals surface area contributed by atoms with Gasteiger partial charge >= 0.3 is 0 Å². The summed E-state index contributed by atoms with van der Waals surface area (Å²) in [7, 11) is 0. The van der Waals surface area contributed by atoms with Crippen molar-refractivity contribution >= 4 is 5.91 Å². The highest BCUT2D eigenvalue weighted by molar-refractivity contribution is 5.91. The van der Waals surface area contributed by atoms with Crippen LogP contribution in [0.5, 0.6) is 0 Å². The van der Waals surface area contributed by atoms with E-state index in [0.717, 1.165) is 24.8 Å². The molecule has 0 unspecified atom stereocenters. The maximum Gasteiger partial charge on any atom is 0.230 e. The van der Waals surface area contributed by atoms with Crippen molar-refractivity contribution < 1.29 is 14.6 Å². The molecule has 1 saturated carbocycles. The molecule has 4 heteroatoms. The molecule has 1 aromatic carbocycles. The molecule has 0 spiro atoms. The van der Waals surface area contributed by atoms with Crippen LogP contribution in [0.2, 0.25) is 0 Å². The van der Waals surface area contributed by atoms with Crippen molar-refractivity contribution in [3.8, 4) is 0 Å². The third kappa shape index (κ3) is 3.55. The minimum atomic E-state index is -0.285. The Hall–Kier alpha value is -1.39. The van der Waals surface area contributed by atoms with Crippen LogP contribution in [0.25, 0.3) is 0 Å². The fraction of sp³-hybridized carbons (Fsp3) is 0.533. The summed E-state index contributed by atoms with van der Waals surface area (Å²) in [4.78, 5) is 12.2. The summed E-state index contributed by atoms with van der Waals surface area (Å²) in [5, 5.41) is 11.5. The van der Waals surface area contributed by atoms with E-state index in [1.807, 2.05) is 30.3 Å². The van der Waals surface area contributed by atoms with Gasteiger partial charge in [-0.1, -0.05) is 30.3 Å². The molecule has 1 aromatic rings. The lowest BCUT2D eigenvalue weighted by atomic mass is 9.95. The van der Waals surface area contributed by atoms with Gasteiger partial charge in [0, 0.05) is 13.2 Å². The highest BCUT2D eigenvalue weighted by atomic mass is 16.5. The van der Waals surface area contributed by atoms with E-state index in [1.165, 1.54) is 0 Å².